The van der Waals surface area contributed by atoms with Crippen LogP contribution in [0.15, 0.2) is 0 Å². The molecule has 1 amide bonds. The highest BCUT2D eigenvalue weighted by Gasteiger charge is 2.26. The number of rotatable bonds is 7. The zero-order valence-electron chi connectivity index (χ0n) is 13.1. The smallest absolute Gasteiger partial charge is 0.222 e. The molecule has 20 heavy (non-hydrogen) atoms. The fourth-order valence-electron chi connectivity index (χ4n) is 3.01. The average molecular weight is 303 g/mol. The maximum Gasteiger partial charge on any atom is 0.222 e. The monoisotopic (exact) mass is 302 g/mol. The lowest BCUT2D eigenvalue weighted by molar-refractivity contribution is -0.133. The third kappa shape index (κ3) is 6.01. The van der Waals surface area contributed by atoms with E-state index < -0.39 is 0 Å². The van der Waals surface area contributed by atoms with Crippen molar-refractivity contribution in [3.8, 4) is 0 Å². The van der Waals surface area contributed by atoms with Gasteiger partial charge < -0.3 is 10.2 Å². The quantitative estimate of drug-likeness (QED) is 0.783. The molecule has 0 spiro atoms. The molecule has 1 N–H and O–H groups in total. The van der Waals surface area contributed by atoms with Gasteiger partial charge in [0.1, 0.15) is 0 Å². The lowest BCUT2D eigenvalue weighted by Gasteiger charge is -2.33. The molecule has 0 radical (unpaired) electrons. The third-order valence-electron chi connectivity index (χ3n) is 4.54. The molecule has 1 saturated carbocycles. The van der Waals surface area contributed by atoms with Crippen LogP contribution in [0.4, 0.5) is 0 Å². The summed E-state index contributed by atoms with van der Waals surface area (Å²) in [4.78, 5) is 14.3. The molecule has 1 saturated heterocycles. The molecule has 0 aromatic heterocycles. The van der Waals surface area contributed by atoms with Crippen LogP contribution in [-0.2, 0) is 4.79 Å². The molecule has 1 atom stereocenters. The van der Waals surface area contributed by atoms with Gasteiger partial charge in [0.25, 0.3) is 0 Å². The maximum atomic E-state index is 12.2. The topological polar surface area (TPSA) is 32.3 Å². The Morgan fingerprint density at radius 1 is 1.25 bits per heavy atom. The molecule has 0 aromatic rings. The van der Waals surface area contributed by atoms with Gasteiger partial charge in [-0.1, -0.05) is 26.7 Å². The van der Waals surface area contributed by atoms with E-state index in [9.17, 15) is 4.79 Å². The fraction of sp³-hybridized carbons (Fsp3) is 0.938. The van der Waals surface area contributed by atoms with E-state index >= 15 is 0 Å². The van der Waals surface area contributed by atoms with E-state index in [1.165, 1.54) is 32.2 Å². The second kappa shape index (κ2) is 8.89. The lowest BCUT2D eigenvalue weighted by atomic mass is 9.99. The van der Waals surface area contributed by atoms with E-state index in [0.717, 1.165) is 38.3 Å². The Bertz CT molecular complexity index is 286. The van der Waals surface area contributed by atoms with E-state index in [4.69, 9.17) is 0 Å². The Kier molecular flexibility index (Phi) is 7.90. The minimum atomic E-state index is 0. The first-order valence-electron chi connectivity index (χ1n) is 8.20. The first-order chi connectivity index (χ1) is 9.19. The van der Waals surface area contributed by atoms with Gasteiger partial charge in [-0.2, -0.15) is 0 Å². The number of hydrogen-bond donors (Lipinski definition) is 1. The van der Waals surface area contributed by atoms with Crippen molar-refractivity contribution in [1.29, 1.82) is 0 Å². The molecule has 1 heterocycles. The summed E-state index contributed by atoms with van der Waals surface area (Å²) in [6.07, 6.45) is 8.21. The van der Waals surface area contributed by atoms with Gasteiger partial charge in [-0.25, -0.2) is 0 Å². The second-order valence-electron chi connectivity index (χ2n) is 6.60. The number of nitrogens with zero attached hydrogens (tertiary/aromatic N) is 1. The zero-order valence-corrected chi connectivity index (χ0v) is 13.9. The summed E-state index contributed by atoms with van der Waals surface area (Å²) in [5.74, 6) is 1.87. The Hall–Kier alpha value is -0.280. The minimum absolute atomic E-state index is 0. The van der Waals surface area contributed by atoms with E-state index in [2.05, 4.69) is 24.1 Å². The van der Waals surface area contributed by atoms with Crippen molar-refractivity contribution >= 4 is 18.3 Å². The summed E-state index contributed by atoms with van der Waals surface area (Å²) >= 11 is 0. The van der Waals surface area contributed by atoms with Crippen LogP contribution in [0.3, 0.4) is 0 Å². The maximum absolute atomic E-state index is 12.2. The molecule has 2 fully saturated rings. The van der Waals surface area contributed by atoms with Crippen LogP contribution >= 0.6 is 12.4 Å². The minimum Gasteiger partial charge on any atom is -0.343 e. The Morgan fingerprint density at radius 3 is 2.45 bits per heavy atom. The SMILES string of the molecule is CCCC(C)CC(=O)N1CCC(NCC2CC2)CC1.Cl. The molecule has 0 aromatic carbocycles. The summed E-state index contributed by atoms with van der Waals surface area (Å²) in [5, 5.41) is 3.67. The third-order valence-corrected chi connectivity index (χ3v) is 4.54. The van der Waals surface area contributed by atoms with E-state index in [0.29, 0.717) is 17.9 Å². The predicted octanol–water partition coefficient (Wildman–Crippen LogP) is 3.23. The van der Waals surface area contributed by atoms with Crippen LogP contribution in [0.5, 0.6) is 0 Å². The summed E-state index contributed by atoms with van der Waals surface area (Å²) in [6.45, 7) is 7.51. The normalized spacial score (nSPS) is 21.4. The van der Waals surface area contributed by atoms with Gasteiger partial charge in [0.2, 0.25) is 5.91 Å². The highest BCUT2D eigenvalue weighted by Crippen LogP contribution is 2.28. The summed E-state index contributed by atoms with van der Waals surface area (Å²) in [7, 11) is 0. The van der Waals surface area contributed by atoms with Crippen molar-refractivity contribution in [2.24, 2.45) is 11.8 Å². The van der Waals surface area contributed by atoms with Crippen molar-refractivity contribution in [1.82, 2.24) is 10.2 Å². The van der Waals surface area contributed by atoms with Crippen LogP contribution in [-0.4, -0.2) is 36.5 Å². The van der Waals surface area contributed by atoms with E-state index in [-0.39, 0.29) is 12.4 Å². The first kappa shape index (κ1) is 17.8. The second-order valence-corrected chi connectivity index (χ2v) is 6.60. The number of amides is 1. The number of halogens is 1. The highest BCUT2D eigenvalue weighted by atomic mass is 35.5. The molecule has 0 bridgehead atoms. The summed E-state index contributed by atoms with van der Waals surface area (Å²) in [5.41, 5.74) is 0. The standard InChI is InChI=1S/C16H30N2O.ClH/c1-3-4-13(2)11-16(19)18-9-7-15(8-10-18)17-12-14-5-6-14;/h13-15,17H,3-12H2,1-2H3;1H. The Balaban J connectivity index is 0.00000200. The predicted molar refractivity (Wildman–Crippen MR) is 86.3 cm³/mol. The number of likely N-dealkylation sites (tertiary alicyclic amines) is 1. The number of piperidine rings is 1. The molecular weight excluding hydrogens is 272 g/mol. The van der Waals surface area contributed by atoms with Crippen molar-refractivity contribution < 1.29 is 4.79 Å². The van der Waals surface area contributed by atoms with Crippen LogP contribution in [0, 0.1) is 11.8 Å². The summed E-state index contributed by atoms with van der Waals surface area (Å²) in [6, 6.07) is 0.651. The van der Waals surface area contributed by atoms with Gasteiger partial charge in [0.05, 0.1) is 0 Å². The average Bonchev–Trinajstić information content (AvgIpc) is 3.21. The number of hydrogen-bond acceptors (Lipinski definition) is 2. The number of nitrogens with one attached hydrogen (secondary N) is 1. The Morgan fingerprint density at radius 2 is 1.90 bits per heavy atom. The van der Waals surface area contributed by atoms with E-state index in [1.54, 1.807) is 0 Å². The molecule has 2 aliphatic rings. The lowest BCUT2D eigenvalue weighted by Crippen LogP contribution is -2.45. The van der Waals surface area contributed by atoms with Gasteiger partial charge in [0.15, 0.2) is 0 Å². The van der Waals surface area contributed by atoms with Gasteiger partial charge >= 0.3 is 0 Å². The van der Waals surface area contributed by atoms with Gasteiger partial charge in [-0.3, -0.25) is 4.79 Å². The molecule has 1 aliphatic carbocycles. The number of carbonyl (C=O) groups is 1. The van der Waals surface area contributed by atoms with Crippen LogP contribution in [0.25, 0.3) is 0 Å². The molecule has 3 nitrogen and oxygen atoms in total. The van der Waals surface area contributed by atoms with Crippen molar-refractivity contribution in [3.05, 3.63) is 0 Å². The highest BCUT2D eigenvalue weighted by molar-refractivity contribution is 5.85. The largest absolute Gasteiger partial charge is 0.343 e. The summed E-state index contributed by atoms with van der Waals surface area (Å²) < 4.78 is 0. The van der Waals surface area contributed by atoms with Crippen LogP contribution in [0.1, 0.15) is 58.8 Å². The Labute approximate surface area is 130 Å². The molecule has 4 heteroatoms. The van der Waals surface area contributed by atoms with Crippen molar-refractivity contribution in [3.63, 3.8) is 0 Å². The van der Waals surface area contributed by atoms with E-state index in [1.807, 2.05) is 0 Å². The molecular formula is C16H31ClN2O. The van der Waals surface area contributed by atoms with Crippen LogP contribution < -0.4 is 5.32 Å². The van der Waals surface area contributed by atoms with Gasteiger partial charge in [-0.05, 0) is 44.1 Å². The fourth-order valence-corrected chi connectivity index (χ4v) is 3.01. The van der Waals surface area contributed by atoms with Crippen molar-refractivity contribution in [2.45, 2.75) is 64.8 Å². The zero-order chi connectivity index (χ0) is 13.7. The van der Waals surface area contributed by atoms with Gasteiger partial charge in [-0.15, -0.1) is 12.4 Å². The van der Waals surface area contributed by atoms with Crippen LogP contribution in [0.2, 0.25) is 0 Å². The van der Waals surface area contributed by atoms with Crippen molar-refractivity contribution in [2.75, 3.05) is 19.6 Å². The first-order valence-corrected chi connectivity index (χ1v) is 8.20. The van der Waals surface area contributed by atoms with Gasteiger partial charge in [0, 0.05) is 25.6 Å². The molecule has 118 valence electrons. The molecule has 1 unspecified atom stereocenters. The molecule has 2 rings (SSSR count). The molecule has 1 aliphatic heterocycles. The number of carbonyl (C=O) groups excluding carboxylic acids is 1.